The van der Waals surface area contributed by atoms with E-state index in [9.17, 15) is 4.21 Å². The smallest absolute Gasteiger partial charge is 0.0908 e. The van der Waals surface area contributed by atoms with Crippen LogP contribution in [0.5, 0.6) is 0 Å². The first-order valence-electron chi connectivity index (χ1n) is 13.6. The maximum absolute atomic E-state index is 13.6. The Hall–Kier alpha value is -2.06. The zero-order valence-corrected chi connectivity index (χ0v) is 26.4. The van der Waals surface area contributed by atoms with Gasteiger partial charge in [0.15, 0.2) is 0 Å². The summed E-state index contributed by atoms with van der Waals surface area (Å²) in [5.74, 6) is 0.944. The second-order valence-electron chi connectivity index (χ2n) is 9.57. The van der Waals surface area contributed by atoms with Crippen molar-refractivity contribution in [2.45, 2.75) is 17.9 Å². The summed E-state index contributed by atoms with van der Waals surface area (Å²) in [5, 5.41) is 4.60. The van der Waals surface area contributed by atoms with Gasteiger partial charge in [-0.2, -0.15) is 0 Å². The van der Waals surface area contributed by atoms with Gasteiger partial charge in [-0.1, -0.05) is 103 Å². The maximum Gasteiger partial charge on any atom is 0.0908 e. The minimum atomic E-state index is -1.30. The zero-order chi connectivity index (χ0) is 28.4. The fourth-order valence-electron chi connectivity index (χ4n) is 4.83. The first-order valence-corrected chi connectivity index (χ1v) is 16.1. The number of aryl methyl sites for hydroxylation is 1. The molecule has 2 aliphatic carbocycles. The second kappa shape index (κ2) is 16.7. The summed E-state index contributed by atoms with van der Waals surface area (Å²) in [7, 11) is -0.368. The van der Waals surface area contributed by atoms with E-state index >= 15 is 0 Å². The van der Waals surface area contributed by atoms with E-state index in [2.05, 4.69) is 84.9 Å². The molecule has 0 N–H and O–H groups in total. The molecule has 4 aromatic carbocycles. The molecular weight excluding hydrogens is 595 g/mol. The number of methoxy groups -OCH3 is 1. The van der Waals surface area contributed by atoms with Gasteiger partial charge in [-0.25, -0.2) is 0 Å². The van der Waals surface area contributed by atoms with Crippen molar-refractivity contribution in [1.29, 1.82) is 0 Å². The van der Waals surface area contributed by atoms with Gasteiger partial charge in [-0.3, -0.25) is 4.21 Å². The van der Waals surface area contributed by atoms with Crippen LogP contribution in [0.4, 0.5) is 0 Å². The summed E-state index contributed by atoms with van der Waals surface area (Å²) < 4.78 is 19.8. The molecule has 212 valence electrons. The molecule has 0 saturated heterocycles. The molecule has 4 aromatic rings. The summed E-state index contributed by atoms with van der Waals surface area (Å²) in [5.41, 5.74) is 2.25. The van der Waals surface area contributed by atoms with Crippen LogP contribution in [0.3, 0.4) is 0 Å². The predicted octanol–water partition coefficient (Wildman–Crippen LogP) is 7.00. The Bertz CT molecular complexity index is 1330. The molecule has 6 rings (SSSR count). The Morgan fingerprint density at radius 1 is 0.643 bits per heavy atom. The van der Waals surface area contributed by atoms with Gasteiger partial charge in [-0.05, 0) is 99.8 Å². The van der Waals surface area contributed by atoms with Crippen LogP contribution in [0.2, 0.25) is 0 Å². The van der Waals surface area contributed by atoms with Crippen LogP contribution in [0.25, 0.3) is 0 Å². The summed E-state index contributed by atoms with van der Waals surface area (Å²) in [6.07, 6.45) is 15.6. The molecule has 2 aliphatic rings. The van der Waals surface area contributed by atoms with Gasteiger partial charge >= 0.3 is 0 Å². The van der Waals surface area contributed by atoms with Crippen molar-refractivity contribution in [1.82, 2.24) is 0 Å². The summed E-state index contributed by atoms with van der Waals surface area (Å²) in [6.45, 7) is 2.04. The fourth-order valence-corrected chi connectivity index (χ4v) is 8.54. The van der Waals surface area contributed by atoms with Crippen LogP contribution >= 0.6 is 7.92 Å². The first kappa shape index (κ1) is 32.8. The van der Waals surface area contributed by atoms with Crippen molar-refractivity contribution in [3.05, 3.63) is 183 Å². The van der Waals surface area contributed by atoms with Gasteiger partial charge < -0.3 is 4.74 Å². The molecule has 2 fully saturated rings. The SMILES string of the molecule is CO[C@H]([C]1[CH][CH][CH][C]1[S@@](=O)c1ccc(C)cc1)c1ccccc1P(c1ccccc1)c1ccccc1.[CH]1[CH][CH][CH][CH]1.[Fe]. The molecule has 0 spiro atoms. The molecule has 0 bridgehead atoms. The van der Waals surface area contributed by atoms with E-state index < -0.39 is 18.7 Å². The molecule has 0 aromatic heterocycles. The monoisotopic (exact) mass is 628 g/mol. The topological polar surface area (TPSA) is 26.3 Å². The van der Waals surface area contributed by atoms with Crippen molar-refractivity contribution < 1.29 is 26.0 Å². The molecule has 5 heteroatoms. The van der Waals surface area contributed by atoms with E-state index in [0.717, 1.165) is 27.2 Å². The molecule has 0 unspecified atom stereocenters. The van der Waals surface area contributed by atoms with E-state index in [0.29, 0.717) is 0 Å². The zero-order valence-electron chi connectivity index (χ0n) is 23.6. The number of rotatable bonds is 8. The average Bonchev–Trinajstić information content (AvgIpc) is 3.76. The van der Waals surface area contributed by atoms with E-state index in [1.807, 2.05) is 82.6 Å². The third-order valence-electron chi connectivity index (χ3n) is 6.81. The van der Waals surface area contributed by atoms with Crippen molar-refractivity contribution in [2.24, 2.45) is 0 Å². The Kier molecular flexibility index (Phi) is 13.1. The summed E-state index contributed by atoms with van der Waals surface area (Å²) >= 11 is 0. The van der Waals surface area contributed by atoms with Gasteiger partial charge in [0.25, 0.3) is 0 Å². The molecule has 2 atom stereocenters. The average molecular weight is 629 g/mol. The van der Waals surface area contributed by atoms with Crippen LogP contribution in [-0.2, 0) is 32.6 Å². The molecule has 42 heavy (non-hydrogen) atoms. The molecule has 0 amide bonds. The van der Waals surface area contributed by atoms with E-state index in [-0.39, 0.29) is 23.2 Å². The Morgan fingerprint density at radius 3 is 1.71 bits per heavy atom. The maximum atomic E-state index is 13.6. The van der Waals surface area contributed by atoms with Crippen molar-refractivity contribution in [2.75, 3.05) is 7.11 Å². The molecule has 0 aliphatic heterocycles. The number of ether oxygens (including phenoxy) is 1. The van der Waals surface area contributed by atoms with Crippen LogP contribution < -0.4 is 15.9 Å². The van der Waals surface area contributed by atoms with Crippen molar-refractivity contribution in [3.63, 3.8) is 0 Å². The minimum Gasteiger partial charge on any atom is -0.376 e. The van der Waals surface area contributed by atoms with Crippen molar-refractivity contribution in [3.8, 4) is 0 Å². The standard InChI is InChI=1S/C32H28O2PS.C5H5.Fe/c1-24-20-22-27(23-21-24)36(33)31-19-11-17-29(31)32(34-2)28-16-9-10-18-30(28)35(25-12-5-3-6-13-25)26-14-7-4-8-15-26;1-2-4-5-3-1;/h3-23,32H,1-2H3;1-5H;/t32-,36-;;/m0../s1. The van der Waals surface area contributed by atoms with Crippen LogP contribution in [0.15, 0.2) is 114 Å². The van der Waals surface area contributed by atoms with Crippen LogP contribution in [0.1, 0.15) is 17.2 Å². The minimum absolute atomic E-state index is 0. The Balaban J connectivity index is 0.000000612. The van der Waals surface area contributed by atoms with Gasteiger partial charge in [0.1, 0.15) is 0 Å². The molecule has 2 saturated carbocycles. The second-order valence-corrected chi connectivity index (χ2v) is 13.2. The van der Waals surface area contributed by atoms with Crippen molar-refractivity contribution >= 4 is 34.6 Å². The summed E-state index contributed by atoms with van der Waals surface area (Å²) in [6, 6.07) is 37.8. The van der Waals surface area contributed by atoms with Gasteiger partial charge in [0.2, 0.25) is 0 Å². The first-order chi connectivity index (χ1) is 20.2. The summed E-state index contributed by atoms with van der Waals surface area (Å²) in [4.78, 5) is 0.798. The predicted molar refractivity (Wildman–Crippen MR) is 173 cm³/mol. The third-order valence-corrected chi connectivity index (χ3v) is 10.8. The van der Waals surface area contributed by atoms with Gasteiger partial charge in [0, 0.05) is 35.0 Å². The molecule has 2 nitrogen and oxygen atoms in total. The molecule has 0 heterocycles. The van der Waals surface area contributed by atoms with Crippen LogP contribution in [0, 0.1) is 69.5 Å². The van der Waals surface area contributed by atoms with Gasteiger partial charge in [0.05, 0.1) is 22.2 Å². The number of hydrogen-bond acceptors (Lipinski definition) is 2. The van der Waals surface area contributed by atoms with Crippen LogP contribution in [-0.4, -0.2) is 11.3 Å². The largest absolute Gasteiger partial charge is 0.376 e. The normalized spacial score (nSPS) is 16.8. The Morgan fingerprint density at radius 2 is 1.17 bits per heavy atom. The van der Waals surface area contributed by atoms with E-state index in [4.69, 9.17) is 4.74 Å². The van der Waals surface area contributed by atoms with Gasteiger partial charge in [-0.15, -0.1) is 0 Å². The number of hydrogen-bond donors (Lipinski definition) is 0. The Labute approximate surface area is 267 Å². The quantitative estimate of drug-likeness (QED) is 0.155. The van der Waals surface area contributed by atoms with E-state index in [1.165, 1.54) is 15.9 Å². The molecular formula is C37H33FeO2PS. The van der Waals surface area contributed by atoms with E-state index in [1.54, 1.807) is 7.11 Å². The third kappa shape index (κ3) is 8.10. The molecule has 10 radical (unpaired) electrons. The number of benzene rings is 4. The fraction of sp³-hybridized carbons (Fsp3) is 0.0811.